The van der Waals surface area contributed by atoms with Gasteiger partial charge in [-0.2, -0.15) is 0 Å². The first-order valence-corrected chi connectivity index (χ1v) is 12.7. The topological polar surface area (TPSA) is 130 Å². The number of amides is 2. The van der Waals surface area contributed by atoms with Crippen LogP contribution >= 0.6 is 0 Å². The highest BCUT2D eigenvalue weighted by molar-refractivity contribution is 7.92. The van der Waals surface area contributed by atoms with Crippen LogP contribution in [0.2, 0.25) is 0 Å². The molecule has 0 saturated heterocycles. The second kappa shape index (κ2) is 11.7. The number of nitrogens with zero attached hydrogens (tertiary/aromatic N) is 3. The summed E-state index contributed by atoms with van der Waals surface area (Å²) in [5.41, 5.74) is -0.295. The summed E-state index contributed by atoms with van der Waals surface area (Å²) >= 11 is 0. The van der Waals surface area contributed by atoms with Crippen LogP contribution in [0.15, 0.2) is 48.5 Å². The van der Waals surface area contributed by atoms with Crippen molar-refractivity contribution in [3.8, 4) is 0 Å². The summed E-state index contributed by atoms with van der Waals surface area (Å²) in [5.74, 6) is -1.85. The normalized spacial score (nSPS) is 12.9. The fraction of sp³-hybridized carbons (Fsp3) is 0.391. The molecule has 0 radical (unpaired) electrons. The van der Waals surface area contributed by atoms with Crippen molar-refractivity contribution in [1.29, 1.82) is 0 Å². The Hall–Kier alpha value is -3.54. The number of hydrogen-bond donors (Lipinski definition) is 1. The van der Waals surface area contributed by atoms with E-state index in [4.69, 9.17) is 0 Å². The molecule has 35 heavy (non-hydrogen) atoms. The van der Waals surface area contributed by atoms with E-state index in [2.05, 4.69) is 5.32 Å². The standard InChI is InChI=1S/C23H29FN4O6S/c1-5-16(2)25-23(30)17(3)26(14-18-9-6-7-12-21(18)24)22(29)15-27(35(4,33)34)19-10-8-11-20(13-19)28(31)32/h6-13,16-17H,5,14-15H2,1-4H3,(H,25,30). The van der Waals surface area contributed by atoms with Gasteiger partial charge in [-0.05, 0) is 32.4 Å². The van der Waals surface area contributed by atoms with Gasteiger partial charge in [-0.1, -0.05) is 31.2 Å². The second-order valence-corrected chi connectivity index (χ2v) is 10.1. The molecule has 0 saturated carbocycles. The minimum absolute atomic E-state index is 0.0856. The Morgan fingerprint density at radius 3 is 2.37 bits per heavy atom. The zero-order valence-electron chi connectivity index (χ0n) is 20.0. The summed E-state index contributed by atoms with van der Waals surface area (Å²) in [6.07, 6.45) is 1.51. The van der Waals surface area contributed by atoms with E-state index >= 15 is 0 Å². The number of nitro benzene ring substituents is 1. The Labute approximate surface area is 203 Å². The Morgan fingerprint density at radius 1 is 1.14 bits per heavy atom. The van der Waals surface area contributed by atoms with Crippen molar-refractivity contribution in [2.45, 2.75) is 45.8 Å². The van der Waals surface area contributed by atoms with Crippen molar-refractivity contribution in [2.75, 3.05) is 17.1 Å². The molecule has 0 bridgehead atoms. The van der Waals surface area contributed by atoms with E-state index in [-0.39, 0.29) is 29.5 Å². The van der Waals surface area contributed by atoms with E-state index < -0.39 is 45.2 Å². The average molecular weight is 509 g/mol. The lowest BCUT2D eigenvalue weighted by Crippen LogP contribution is -2.52. The van der Waals surface area contributed by atoms with Crippen LogP contribution in [0.25, 0.3) is 0 Å². The molecule has 2 atom stereocenters. The first-order valence-electron chi connectivity index (χ1n) is 10.9. The molecule has 0 aliphatic rings. The first-order chi connectivity index (χ1) is 16.3. The minimum Gasteiger partial charge on any atom is -0.352 e. The van der Waals surface area contributed by atoms with E-state index in [0.29, 0.717) is 6.42 Å². The number of halogens is 1. The molecule has 2 aromatic carbocycles. The highest BCUT2D eigenvalue weighted by atomic mass is 32.2. The van der Waals surface area contributed by atoms with Crippen LogP contribution < -0.4 is 9.62 Å². The molecule has 2 unspecified atom stereocenters. The number of nitrogens with one attached hydrogen (secondary N) is 1. The highest BCUT2D eigenvalue weighted by Crippen LogP contribution is 2.24. The van der Waals surface area contributed by atoms with Crippen LogP contribution in [0.4, 0.5) is 15.8 Å². The molecule has 0 aliphatic carbocycles. The molecule has 0 aliphatic heterocycles. The fourth-order valence-electron chi connectivity index (χ4n) is 3.23. The molecule has 0 fully saturated rings. The number of carbonyl (C=O) groups excluding carboxylic acids is 2. The summed E-state index contributed by atoms with van der Waals surface area (Å²) in [4.78, 5) is 37.7. The number of rotatable bonds is 11. The Morgan fingerprint density at radius 2 is 1.80 bits per heavy atom. The maximum Gasteiger partial charge on any atom is 0.271 e. The van der Waals surface area contributed by atoms with Crippen molar-refractivity contribution >= 4 is 33.2 Å². The molecule has 190 valence electrons. The van der Waals surface area contributed by atoms with Gasteiger partial charge in [-0.25, -0.2) is 12.8 Å². The largest absolute Gasteiger partial charge is 0.352 e. The number of anilines is 1. The van der Waals surface area contributed by atoms with E-state index in [1.54, 1.807) is 13.0 Å². The van der Waals surface area contributed by atoms with Gasteiger partial charge in [0.05, 0.1) is 16.9 Å². The second-order valence-electron chi connectivity index (χ2n) is 8.15. The maximum absolute atomic E-state index is 14.4. The quantitative estimate of drug-likeness (QED) is 0.367. The van der Waals surface area contributed by atoms with E-state index in [9.17, 15) is 32.5 Å². The number of nitro groups is 1. The molecule has 0 spiro atoms. The van der Waals surface area contributed by atoms with Gasteiger partial charge in [0, 0.05) is 30.3 Å². The zero-order chi connectivity index (χ0) is 26.3. The van der Waals surface area contributed by atoms with E-state index in [1.807, 2.05) is 6.92 Å². The van der Waals surface area contributed by atoms with Gasteiger partial charge in [0.1, 0.15) is 18.4 Å². The van der Waals surface area contributed by atoms with Crippen molar-refractivity contribution in [3.05, 3.63) is 70.0 Å². The monoisotopic (exact) mass is 508 g/mol. The Bertz CT molecular complexity index is 1190. The average Bonchev–Trinajstić information content (AvgIpc) is 2.80. The lowest BCUT2D eigenvalue weighted by Gasteiger charge is -2.32. The predicted octanol–water partition coefficient (Wildman–Crippen LogP) is 2.83. The van der Waals surface area contributed by atoms with Crippen LogP contribution in [0, 0.1) is 15.9 Å². The third kappa shape index (κ3) is 7.47. The molecule has 1 N–H and O–H groups in total. The minimum atomic E-state index is -4.05. The summed E-state index contributed by atoms with van der Waals surface area (Å²) < 4.78 is 40.1. The maximum atomic E-state index is 14.4. The highest BCUT2D eigenvalue weighted by Gasteiger charge is 2.31. The first kappa shape index (κ1) is 27.7. The molecule has 12 heteroatoms. The zero-order valence-corrected chi connectivity index (χ0v) is 20.8. The van der Waals surface area contributed by atoms with Gasteiger partial charge in [-0.3, -0.25) is 24.0 Å². The van der Waals surface area contributed by atoms with Gasteiger partial charge in [0.15, 0.2) is 0 Å². The van der Waals surface area contributed by atoms with E-state index in [0.717, 1.165) is 21.5 Å². The van der Waals surface area contributed by atoms with Gasteiger partial charge >= 0.3 is 0 Å². The molecule has 2 amide bonds. The number of hydrogen-bond acceptors (Lipinski definition) is 6. The molecule has 0 aromatic heterocycles. The smallest absolute Gasteiger partial charge is 0.271 e. The van der Waals surface area contributed by atoms with E-state index in [1.165, 1.54) is 43.3 Å². The lowest BCUT2D eigenvalue weighted by molar-refractivity contribution is -0.384. The SMILES string of the molecule is CCC(C)NC(=O)C(C)N(Cc1ccccc1F)C(=O)CN(c1cccc([N+](=O)[O-])c1)S(C)(=O)=O. The third-order valence-corrected chi connectivity index (χ3v) is 6.62. The molecular formula is C23H29FN4O6S. The van der Waals surface area contributed by atoms with Gasteiger partial charge < -0.3 is 10.2 Å². The van der Waals surface area contributed by atoms with Crippen LogP contribution in [0.3, 0.4) is 0 Å². The summed E-state index contributed by atoms with van der Waals surface area (Å²) in [6, 6.07) is 9.37. The van der Waals surface area contributed by atoms with Gasteiger partial charge in [-0.15, -0.1) is 0 Å². The van der Waals surface area contributed by atoms with Crippen molar-refractivity contribution in [3.63, 3.8) is 0 Å². The predicted molar refractivity (Wildman–Crippen MR) is 130 cm³/mol. The fourth-order valence-corrected chi connectivity index (χ4v) is 4.08. The van der Waals surface area contributed by atoms with Crippen molar-refractivity contribution in [1.82, 2.24) is 10.2 Å². The number of carbonyl (C=O) groups is 2. The van der Waals surface area contributed by atoms with Crippen LogP contribution in [-0.2, 0) is 26.2 Å². The van der Waals surface area contributed by atoms with Crippen LogP contribution in [0.1, 0.15) is 32.8 Å². The number of non-ortho nitro benzene ring substituents is 1. The molecule has 2 rings (SSSR count). The van der Waals surface area contributed by atoms with Gasteiger partial charge in [0.25, 0.3) is 5.69 Å². The lowest BCUT2D eigenvalue weighted by atomic mass is 10.1. The Balaban J connectivity index is 2.44. The summed E-state index contributed by atoms with van der Waals surface area (Å²) in [6.45, 7) is 4.11. The summed E-state index contributed by atoms with van der Waals surface area (Å²) in [7, 11) is -4.05. The molecular weight excluding hydrogens is 479 g/mol. The molecule has 0 heterocycles. The van der Waals surface area contributed by atoms with Gasteiger partial charge in [0.2, 0.25) is 21.8 Å². The Kier molecular flexibility index (Phi) is 9.29. The van der Waals surface area contributed by atoms with Crippen LogP contribution in [-0.4, -0.2) is 54.9 Å². The molecule has 2 aromatic rings. The molecule has 10 nitrogen and oxygen atoms in total. The number of benzene rings is 2. The van der Waals surface area contributed by atoms with Crippen LogP contribution in [0.5, 0.6) is 0 Å². The summed E-state index contributed by atoms with van der Waals surface area (Å²) in [5, 5.41) is 13.9. The number of sulfonamides is 1. The third-order valence-electron chi connectivity index (χ3n) is 5.47. The van der Waals surface area contributed by atoms with Crippen molar-refractivity contribution in [2.24, 2.45) is 0 Å². The van der Waals surface area contributed by atoms with Crippen molar-refractivity contribution < 1.29 is 27.3 Å².